The van der Waals surface area contributed by atoms with E-state index in [9.17, 15) is 9.59 Å². The number of ether oxygens (including phenoxy) is 2. The molecule has 0 aliphatic heterocycles. The van der Waals surface area contributed by atoms with Gasteiger partial charge in [0.2, 0.25) is 0 Å². The van der Waals surface area contributed by atoms with E-state index in [0.717, 1.165) is 74.8 Å². The standard InChI is InChI=1S/C18H34O6S2/c19-17(20)7-3-1-5-13-25-15-11-23-9-10-24-12-16-26-14-6-2-4-8-18(21)22/h1-16H2,(H,19,20)(H,21,22). The molecule has 0 aliphatic carbocycles. The number of carbonyl (C=O) groups is 2. The van der Waals surface area contributed by atoms with Crippen LogP contribution in [0.25, 0.3) is 0 Å². The molecular formula is C18H34O6S2. The Morgan fingerprint density at radius 1 is 0.577 bits per heavy atom. The van der Waals surface area contributed by atoms with E-state index >= 15 is 0 Å². The number of rotatable bonds is 21. The minimum absolute atomic E-state index is 0.277. The molecule has 0 aromatic rings. The van der Waals surface area contributed by atoms with Gasteiger partial charge in [-0.25, -0.2) is 0 Å². The number of carboxylic acids is 2. The first-order valence-corrected chi connectivity index (χ1v) is 11.7. The highest BCUT2D eigenvalue weighted by molar-refractivity contribution is 7.99. The lowest BCUT2D eigenvalue weighted by Gasteiger charge is -2.06. The number of unbranched alkanes of at least 4 members (excludes halogenated alkanes) is 4. The molecule has 0 unspecified atom stereocenters. The van der Waals surface area contributed by atoms with Gasteiger partial charge in [-0.05, 0) is 37.2 Å². The van der Waals surface area contributed by atoms with E-state index in [4.69, 9.17) is 19.7 Å². The molecule has 0 bridgehead atoms. The highest BCUT2D eigenvalue weighted by Gasteiger charge is 1.98. The summed E-state index contributed by atoms with van der Waals surface area (Å²) < 4.78 is 11.0. The monoisotopic (exact) mass is 410 g/mol. The normalized spacial score (nSPS) is 10.9. The molecule has 0 rings (SSSR count). The fraction of sp³-hybridized carbons (Fsp3) is 0.889. The van der Waals surface area contributed by atoms with Crippen molar-refractivity contribution in [1.29, 1.82) is 0 Å². The van der Waals surface area contributed by atoms with Crippen molar-refractivity contribution in [2.75, 3.05) is 49.4 Å². The second kappa shape index (κ2) is 20.9. The van der Waals surface area contributed by atoms with Crippen LogP contribution in [-0.4, -0.2) is 71.6 Å². The van der Waals surface area contributed by atoms with E-state index in [2.05, 4.69) is 0 Å². The summed E-state index contributed by atoms with van der Waals surface area (Å²) in [5.74, 6) is 2.65. The minimum atomic E-state index is -0.708. The molecule has 8 heteroatoms. The predicted molar refractivity (Wildman–Crippen MR) is 108 cm³/mol. The summed E-state index contributed by atoms with van der Waals surface area (Å²) in [6.45, 7) is 2.71. The van der Waals surface area contributed by atoms with Gasteiger partial charge >= 0.3 is 11.9 Å². The van der Waals surface area contributed by atoms with E-state index in [1.165, 1.54) is 0 Å². The predicted octanol–water partition coefficient (Wildman–Crippen LogP) is 3.78. The molecule has 0 amide bonds. The highest BCUT2D eigenvalue weighted by Crippen LogP contribution is 2.08. The van der Waals surface area contributed by atoms with Crippen molar-refractivity contribution in [1.82, 2.24) is 0 Å². The average molecular weight is 411 g/mol. The van der Waals surface area contributed by atoms with Gasteiger partial charge in [-0.2, -0.15) is 23.5 Å². The van der Waals surface area contributed by atoms with Gasteiger partial charge in [0, 0.05) is 24.3 Å². The largest absolute Gasteiger partial charge is 0.481 e. The van der Waals surface area contributed by atoms with Gasteiger partial charge < -0.3 is 19.7 Å². The topological polar surface area (TPSA) is 93.1 Å². The lowest BCUT2D eigenvalue weighted by molar-refractivity contribution is -0.138. The number of hydrogen-bond acceptors (Lipinski definition) is 6. The third-order valence-corrected chi connectivity index (χ3v) is 5.54. The Kier molecular flexibility index (Phi) is 20.5. The number of hydrogen-bond donors (Lipinski definition) is 2. The Bertz CT molecular complexity index is 310. The maximum atomic E-state index is 10.4. The first kappa shape index (κ1) is 25.6. The zero-order valence-electron chi connectivity index (χ0n) is 15.7. The second-order valence-corrected chi connectivity index (χ2v) is 8.31. The summed E-state index contributed by atoms with van der Waals surface area (Å²) in [7, 11) is 0. The van der Waals surface area contributed by atoms with Crippen LogP contribution in [0.3, 0.4) is 0 Å². The van der Waals surface area contributed by atoms with Crippen LogP contribution < -0.4 is 0 Å². The quantitative estimate of drug-likeness (QED) is 0.276. The van der Waals surface area contributed by atoms with Crippen LogP contribution in [0.4, 0.5) is 0 Å². The minimum Gasteiger partial charge on any atom is -0.481 e. The van der Waals surface area contributed by atoms with E-state index in [0.29, 0.717) is 13.2 Å². The molecular weight excluding hydrogens is 376 g/mol. The summed E-state index contributed by atoms with van der Waals surface area (Å²) >= 11 is 3.69. The van der Waals surface area contributed by atoms with Crippen molar-refractivity contribution < 1.29 is 29.3 Å². The Morgan fingerprint density at radius 3 is 1.38 bits per heavy atom. The van der Waals surface area contributed by atoms with E-state index < -0.39 is 11.9 Å². The molecule has 0 spiro atoms. The molecule has 0 saturated carbocycles. The van der Waals surface area contributed by atoms with Crippen molar-refractivity contribution in [2.45, 2.75) is 51.4 Å². The summed E-state index contributed by atoms with van der Waals surface area (Å²) in [4.78, 5) is 20.7. The van der Waals surface area contributed by atoms with E-state index in [-0.39, 0.29) is 12.8 Å². The molecule has 0 radical (unpaired) electrons. The maximum absolute atomic E-state index is 10.4. The molecule has 6 nitrogen and oxygen atoms in total. The summed E-state index contributed by atoms with van der Waals surface area (Å²) in [6, 6.07) is 0. The second-order valence-electron chi connectivity index (χ2n) is 5.86. The molecule has 0 heterocycles. The van der Waals surface area contributed by atoms with Crippen molar-refractivity contribution in [2.24, 2.45) is 0 Å². The van der Waals surface area contributed by atoms with Crippen molar-refractivity contribution >= 4 is 35.5 Å². The molecule has 2 N–H and O–H groups in total. The van der Waals surface area contributed by atoms with Crippen LogP contribution in [0, 0.1) is 0 Å². The molecule has 0 atom stereocenters. The van der Waals surface area contributed by atoms with Crippen molar-refractivity contribution in [3.8, 4) is 0 Å². The first-order chi connectivity index (χ1) is 12.6. The zero-order chi connectivity index (χ0) is 19.3. The number of aliphatic carboxylic acids is 2. The number of thioether (sulfide) groups is 2. The summed E-state index contributed by atoms with van der Waals surface area (Å²) in [5, 5.41) is 17.0. The van der Waals surface area contributed by atoms with Crippen molar-refractivity contribution in [3.05, 3.63) is 0 Å². The van der Waals surface area contributed by atoms with E-state index in [1.54, 1.807) is 0 Å². The highest BCUT2D eigenvalue weighted by atomic mass is 32.2. The zero-order valence-corrected chi connectivity index (χ0v) is 17.3. The van der Waals surface area contributed by atoms with Gasteiger partial charge in [0.25, 0.3) is 0 Å². The van der Waals surface area contributed by atoms with Gasteiger partial charge in [-0.1, -0.05) is 12.8 Å². The fourth-order valence-corrected chi connectivity index (χ4v) is 3.77. The summed E-state index contributed by atoms with van der Waals surface area (Å²) in [6.07, 6.45) is 6.19. The van der Waals surface area contributed by atoms with Gasteiger partial charge in [-0.3, -0.25) is 9.59 Å². The Labute approximate surface area is 165 Å². The van der Waals surface area contributed by atoms with Crippen LogP contribution in [0.1, 0.15) is 51.4 Å². The third-order valence-electron chi connectivity index (χ3n) is 3.47. The Balaban J connectivity index is 3.01. The van der Waals surface area contributed by atoms with Crippen LogP contribution in [0.5, 0.6) is 0 Å². The molecule has 0 aromatic heterocycles. The number of carboxylic acid groups (broad SMARTS) is 2. The fourth-order valence-electron chi connectivity index (χ4n) is 2.08. The van der Waals surface area contributed by atoms with Gasteiger partial charge in [0.1, 0.15) is 0 Å². The molecule has 0 fully saturated rings. The maximum Gasteiger partial charge on any atom is 0.303 e. The lowest BCUT2D eigenvalue weighted by atomic mass is 10.2. The van der Waals surface area contributed by atoms with E-state index in [1.807, 2.05) is 23.5 Å². The lowest BCUT2D eigenvalue weighted by Crippen LogP contribution is -2.08. The van der Waals surface area contributed by atoms with Gasteiger partial charge in [0.15, 0.2) is 0 Å². The Morgan fingerprint density at radius 2 is 1.00 bits per heavy atom. The van der Waals surface area contributed by atoms with Crippen LogP contribution in [0.15, 0.2) is 0 Å². The Hall–Kier alpha value is -0.440. The molecule has 0 aromatic carbocycles. The summed E-state index contributed by atoms with van der Waals surface area (Å²) in [5.41, 5.74) is 0. The molecule has 154 valence electrons. The molecule has 0 saturated heterocycles. The van der Waals surface area contributed by atoms with Crippen LogP contribution in [0.2, 0.25) is 0 Å². The van der Waals surface area contributed by atoms with Gasteiger partial charge in [-0.15, -0.1) is 0 Å². The van der Waals surface area contributed by atoms with Gasteiger partial charge in [0.05, 0.1) is 26.4 Å². The SMILES string of the molecule is O=C(O)CCCCCSCCOCCOCCSCCCCCC(=O)O. The van der Waals surface area contributed by atoms with Crippen LogP contribution in [-0.2, 0) is 19.1 Å². The third kappa shape index (κ3) is 23.6. The molecule has 0 aliphatic rings. The van der Waals surface area contributed by atoms with Crippen LogP contribution >= 0.6 is 23.5 Å². The smallest absolute Gasteiger partial charge is 0.303 e. The first-order valence-electron chi connectivity index (χ1n) is 9.37. The van der Waals surface area contributed by atoms with Crippen molar-refractivity contribution in [3.63, 3.8) is 0 Å². The average Bonchev–Trinajstić information content (AvgIpc) is 2.59. The molecule has 26 heavy (non-hydrogen) atoms.